The van der Waals surface area contributed by atoms with Gasteiger partial charge in [0.15, 0.2) is 5.76 Å². The predicted octanol–water partition coefficient (Wildman–Crippen LogP) is 2.12. The number of nitrogens with zero attached hydrogens (tertiary/aromatic N) is 1. The van der Waals surface area contributed by atoms with Crippen LogP contribution in [0.3, 0.4) is 0 Å². The molecule has 2 rings (SSSR count). The largest absolute Gasteiger partial charge is 0.356 e. The lowest BCUT2D eigenvalue weighted by Gasteiger charge is -2.01. The Morgan fingerprint density at radius 1 is 1.31 bits per heavy atom. The van der Waals surface area contributed by atoms with Gasteiger partial charge in [0.2, 0.25) is 0 Å². The maximum Gasteiger partial charge on any atom is 0.173 e. The van der Waals surface area contributed by atoms with Crippen molar-refractivity contribution in [2.45, 2.75) is 6.42 Å². The molecular formula is C11H10F2N2O. The van der Waals surface area contributed by atoms with E-state index in [9.17, 15) is 8.78 Å². The Kier molecular flexibility index (Phi) is 2.96. The summed E-state index contributed by atoms with van der Waals surface area (Å²) in [5, 5.41) is 3.59. The molecule has 0 aliphatic rings. The normalized spacial score (nSPS) is 10.7. The van der Waals surface area contributed by atoms with Crippen molar-refractivity contribution >= 4 is 0 Å². The SMILES string of the molecule is NCCc1cnoc1-c1ccc(F)cc1F. The van der Waals surface area contributed by atoms with Crippen molar-refractivity contribution in [3.8, 4) is 11.3 Å². The number of benzene rings is 1. The molecule has 0 bridgehead atoms. The number of halogens is 2. The van der Waals surface area contributed by atoms with Crippen molar-refractivity contribution in [1.29, 1.82) is 0 Å². The van der Waals surface area contributed by atoms with Crippen molar-refractivity contribution in [2.75, 3.05) is 6.54 Å². The van der Waals surface area contributed by atoms with Crippen LogP contribution in [0.1, 0.15) is 5.56 Å². The first kappa shape index (κ1) is 10.8. The maximum absolute atomic E-state index is 13.5. The van der Waals surface area contributed by atoms with E-state index in [1.165, 1.54) is 18.3 Å². The van der Waals surface area contributed by atoms with Crippen LogP contribution in [-0.2, 0) is 6.42 Å². The monoisotopic (exact) mass is 224 g/mol. The molecule has 0 unspecified atom stereocenters. The third-order valence-corrected chi connectivity index (χ3v) is 2.23. The van der Waals surface area contributed by atoms with E-state index in [-0.39, 0.29) is 5.56 Å². The summed E-state index contributed by atoms with van der Waals surface area (Å²) in [6.45, 7) is 0.414. The van der Waals surface area contributed by atoms with Crippen LogP contribution in [0.4, 0.5) is 8.78 Å². The van der Waals surface area contributed by atoms with Crippen molar-refractivity contribution in [1.82, 2.24) is 5.16 Å². The molecule has 1 heterocycles. The molecule has 2 aromatic rings. The van der Waals surface area contributed by atoms with Gasteiger partial charge in [0.05, 0.1) is 11.8 Å². The average molecular weight is 224 g/mol. The zero-order valence-corrected chi connectivity index (χ0v) is 8.41. The van der Waals surface area contributed by atoms with Gasteiger partial charge in [-0.15, -0.1) is 0 Å². The minimum atomic E-state index is -0.671. The van der Waals surface area contributed by atoms with Crippen LogP contribution in [0.15, 0.2) is 28.9 Å². The Hall–Kier alpha value is -1.75. The summed E-state index contributed by atoms with van der Waals surface area (Å²) in [5.41, 5.74) is 6.32. The summed E-state index contributed by atoms with van der Waals surface area (Å²) < 4.78 is 31.2. The maximum atomic E-state index is 13.5. The summed E-state index contributed by atoms with van der Waals surface area (Å²) in [6.07, 6.45) is 2.03. The number of nitrogens with two attached hydrogens (primary N) is 1. The van der Waals surface area contributed by atoms with Gasteiger partial charge in [0, 0.05) is 11.6 Å². The van der Waals surface area contributed by atoms with Crippen LogP contribution in [0.25, 0.3) is 11.3 Å². The summed E-state index contributed by atoms with van der Waals surface area (Å²) in [5.74, 6) is -0.987. The lowest BCUT2D eigenvalue weighted by Crippen LogP contribution is -2.02. The van der Waals surface area contributed by atoms with Gasteiger partial charge >= 0.3 is 0 Å². The van der Waals surface area contributed by atoms with Crippen molar-refractivity contribution in [2.24, 2.45) is 5.73 Å². The van der Waals surface area contributed by atoms with E-state index in [1.54, 1.807) is 0 Å². The molecule has 84 valence electrons. The van der Waals surface area contributed by atoms with Crippen LogP contribution in [0.2, 0.25) is 0 Å². The van der Waals surface area contributed by atoms with Crippen LogP contribution in [0, 0.1) is 11.6 Å². The van der Waals surface area contributed by atoms with E-state index in [1.807, 2.05) is 0 Å². The number of hydrogen-bond acceptors (Lipinski definition) is 3. The molecular weight excluding hydrogens is 214 g/mol. The van der Waals surface area contributed by atoms with E-state index >= 15 is 0 Å². The van der Waals surface area contributed by atoms with Gasteiger partial charge in [-0.2, -0.15) is 0 Å². The fourth-order valence-corrected chi connectivity index (χ4v) is 1.49. The third kappa shape index (κ3) is 1.94. The van der Waals surface area contributed by atoms with Gasteiger partial charge in [0.1, 0.15) is 11.6 Å². The second-order valence-corrected chi connectivity index (χ2v) is 3.34. The topological polar surface area (TPSA) is 52.0 Å². The van der Waals surface area contributed by atoms with E-state index in [2.05, 4.69) is 5.16 Å². The molecule has 0 saturated carbocycles. The van der Waals surface area contributed by atoms with Gasteiger partial charge in [-0.1, -0.05) is 5.16 Å². The molecule has 0 fully saturated rings. The van der Waals surface area contributed by atoms with Crippen molar-refractivity contribution < 1.29 is 13.3 Å². The number of aromatic nitrogens is 1. The molecule has 3 nitrogen and oxygen atoms in total. The summed E-state index contributed by atoms with van der Waals surface area (Å²) >= 11 is 0. The van der Waals surface area contributed by atoms with Crippen molar-refractivity contribution in [3.63, 3.8) is 0 Å². The second kappa shape index (κ2) is 4.40. The molecule has 0 aliphatic heterocycles. The molecule has 1 aromatic carbocycles. The summed E-state index contributed by atoms with van der Waals surface area (Å²) in [7, 11) is 0. The highest BCUT2D eigenvalue weighted by molar-refractivity contribution is 5.61. The Morgan fingerprint density at radius 3 is 2.81 bits per heavy atom. The molecule has 0 radical (unpaired) electrons. The molecule has 0 atom stereocenters. The summed E-state index contributed by atoms with van der Waals surface area (Å²) in [6, 6.07) is 3.31. The van der Waals surface area contributed by atoms with Crippen molar-refractivity contribution in [3.05, 3.63) is 41.6 Å². The van der Waals surface area contributed by atoms with Gasteiger partial charge in [0.25, 0.3) is 0 Å². The zero-order chi connectivity index (χ0) is 11.5. The van der Waals surface area contributed by atoms with E-state index in [0.29, 0.717) is 24.3 Å². The molecule has 0 saturated heterocycles. The smallest absolute Gasteiger partial charge is 0.173 e. The zero-order valence-electron chi connectivity index (χ0n) is 8.41. The van der Waals surface area contributed by atoms with Gasteiger partial charge < -0.3 is 10.3 Å². The highest BCUT2D eigenvalue weighted by atomic mass is 19.1. The highest BCUT2D eigenvalue weighted by Gasteiger charge is 2.14. The summed E-state index contributed by atoms with van der Waals surface area (Å²) in [4.78, 5) is 0. The molecule has 16 heavy (non-hydrogen) atoms. The first-order valence-electron chi connectivity index (χ1n) is 4.81. The quantitative estimate of drug-likeness (QED) is 0.868. The molecule has 5 heteroatoms. The van der Waals surface area contributed by atoms with Crippen LogP contribution >= 0.6 is 0 Å². The Bertz CT molecular complexity index is 496. The molecule has 0 aliphatic carbocycles. The Morgan fingerprint density at radius 2 is 2.12 bits per heavy atom. The van der Waals surface area contributed by atoms with Gasteiger partial charge in [-0.25, -0.2) is 8.78 Å². The first-order valence-corrected chi connectivity index (χ1v) is 4.81. The van der Waals surface area contributed by atoms with E-state index in [0.717, 1.165) is 6.07 Å². The molecule has 1 aromatic heterocycles. The molecule has 0 amide bonds. The fraction of sp³-hybridized carbons (Fsp3) is 0.182. The molecule has 2 N–H and O–H groups in total. The first-order chi connectivity index (χ1) is 7.72. The second-order valence-electron chi connectivity index (χ2n) is 3.34. The number of rotatable bonds is 3. The number of hydrogen-bond donors (Lipinski definition) is 1. The van der Waals surface area contributed by atoms with E-state index < -0.39 is 11.6 Å². The average Bonchev–Trinajstić information content (AvgIpc) is 2.67. The highest BCUT2D eigenvalue weighted by Crippen LogP contribution is 2.26. The van der Waals surface area contributed by atoms with Gasteiger partial charge in [-0.3, -0.25) is 0 Å². The Balaban J connectivity index is 2.46. The minimum Gasteiger partial charge on any atom is -0.356 e. The predicted molar refractivity (Wildman–Crippen MR) is 54.6 cm³/mol. The standard InChI is InChI=1S/C11H10F2N2O/c12-8-1-2-9(10(13)5-8)11-7(3-4-14)6-15-16-11/h1-2,5-6H,3-4,14H2. The minimum absolute atomic E-state index is 0.197. The van der Waals surface area contributed by atoms with Crippen LogP contribution in [-0.4, -0.2) is 11.7 Å². The lowest BCUT2D eigenvalue weighted by molar-refractivity contribution is 0.429. The third-order valence-electron chi connectivity index (χ3n) is 2.23. The Labute approximate surface area is 90.9 Å². The van der Waals surface area contributed by atoms with E-state index in [4.69, 9.17) is 10.3 Å². The lowest BCUT2D eigenvalue weighted by atomic mass is 10.1. The van der Waals surface area contributed by atoms with Gasteiger partial charge in [-0.05, 0) is 25.1 Å². The fourth-order valence-electron chi connectivity index (χ4n) is 1.49. The van der Waals surface area contributed by atoms with Crippen LogP contribution in [0.5, 0.6) is 0 Å². The van der Waals surface area contributed by atoms with Crippen LogP contribution < -0.4 is 5.73 Å². The molecule has 0 spiro atoms.